The van der Waals surface area contributed by atoms with Gasteiger partial charge in [-0.3, -0.25) is 9.59 Å². The van der Waals surface area contributed by atoms with Crippen LogP contribution in [0.15, 0.2) is 65.7 Å². The van der Waals surface area contributed by atoms with E-state index >= 15 is 0 Å². The van der Waals surface area contributed by atoms with Crippen molar-refractivity contribution in [1.29, 1.82) is 0 Å². The normalized spacial score (nSPS) is 18.1. The lowest BCUT2D eigenvalue weighted by atomic mass is 10.0. The maximum Gasteiger partial charge on any atom is 0.416 e. The molecular weight excluding hydrogens is 575 g/mol. The van der Waals surface area contributed by atoms with E-state index in [9.17, 15) is 31.5 Å². The van der Waals surface area contributed by atoms with E-state index in [2.05, 4.69) is 15.6 Å². The van der Waals surface area contributed by atoms with Gasteiger partial charge in [-0.2, -0.15) is 13.2 Å². The van der Waals surface area contributed by atoms with Gasteiger partial charge in [-0.25, -0.2) is 13.8 Å². The monoisotopic (exact) mass is 602 g/mol. The summed E-state index contributed by atoms with van der Waals surface area (Å²) in [7, 11) is 0. The molecule has 1 unspecified atom stereocenters. The number of esters is 1. The number of alkyl halides is 3. The van der Waals surface area contributed by atoms with Crippen LogP contribution in [0, 0.1) is 11.6 Å². The number of benzene rings is 3. The average molecular weight is 603 g/mol. The number of halogens is 5. The van der Waals surface area contributed by atoms with Crippen molar-refractivity contribution in [3.05, 3.63) is 89.0 Å². The Hall–Kier alpha value is -4.52. The molecule has 0 aromatic heterocycles. The van der Waals surface area contributed by atoms with Crippen LogP contribution in [0.4, 0.5) is 39.0 Å². The molecule has 1 saturated heterocycles. The number of amidine groups is 1. The zero-order chi connectivity index (χ0) is 30.7. The second-order valence-corrected chi connectivity index (χ2v) is 10.2. The summed E-state index contributed by atoms with van der Waals surface area (Å²) in [4.78, 5) is 29.7. The fourth-order valence-corrected chi connectivity index (χ4v) is 4.99. The number of aliphatic carboxylic acids is 1. The van der Waals surface area contributed by atoms with E-state index in [0.29, 0.717) is 18.5 Å². The third-order valence-corrected chi connectivity index (χ3v) is 7.17. The van der Waals surface area contributed by atoms with Gasteiger partial charge in [-0.1, -0.05) is 12.1 Å². The molecule has 13 heteroatoms. The zero-order valence-electron chi connectivity index (χ0n) is 22.6. The SMILES string of the molecule is O=C(O)CCC(=O)OC1CN[C@@H](CCc2ccc(F)cc2)CN1C1=Nc2cc(F)ccc2Nc2ccc(C(F)(F)F)cc21. The minimum absolute atomic E-state index is 0.0160. The summed E-state index contributed by atoms with van der Waals surface area (Å²) in [6.45, 7) is 0.168. The van der Waals surface area contributed by atoms with Gasteiger partial charge >= 0.3 is 18.1 Å². The predicted molar refractivity (Wildman–Crippen MR) is 147 cm³/mol. The van der Waals surface area contributed by atoms with Crippen molar-refractivity contribution in [2.24, 2.45) is 4.99 Å². The van der Waals surface area contributed by atoms with E-state index < -0.39 is 48.6 Å². The lowest BCUT2D eigenvalue weighted by Gasteiger charge is -2.41. The van der Waals surface area contributed by atoms with Crippen molar-refractivity contribution < 1.29 is 41.4 Å². The van der Waals surface area contributed by atoms with Gasteiger partial charge in [0.15, 0.2) is 6.23 Å². The van der Waals surface area contributed by atoms with Crippen LogP contribution in [-0.2, 0) is 26.9 Å². The van der Waals surface area contributed by atoms with Crippen molar-refractivity contribution in [2.75, 3.05) is 18.4 Å². The second kappa shape index (κ2) is 12.4. The quantitative estimate of drug-likeness (QED) is 0.234. The maximum atomic E-state index is 14.3. The number of nitrogens with zero attached hydrogens (tertiary/aromatic N) is 2. The molecule has 0 spiro atoms. The van der Waals surface area contributed by atoms with Gasteiger partial charge in [0.2, 0.25) is 0 Å². The molecule has 0 aliphatic carbocycles. The number of carboxylic acid groups (broad SMARTS) is 1. The number of carboxylic acids is 1. The molecule has 0 saturated carbocycles. The molecule has 3 aromatic carbocycles. The van der Waals surface area contributed by atoms with E-state index in [1.807, 2.05) is 0 Å². The molecule has 5 rings (SSSR count). The lowest BCUT2D eigenvalue weighted by Crippen LogP contribution is -2.59. The number of carbonyl (C=O) groups excluding carboxylic acids is 1. The Morgan fingerprint density at radius 3 is 2.42 bits per heavy atom. The van der Waals surface area contributed by atoms with Gasteiger partial charge in [0, 0.05) is 29.9 Å². The molecule has 3 N–H and O–H groups in total. The highest BCUT2D eigenvalue weighted by Gasteiger charge is 2.37. The smallest absolute Gasteiger partial charge is 0.416 e. The third-order valence-electron chi connectivity index (χ3n) is 7.17. The molecule has 0 bridgehead atoms. The third kappa shape index (κ3) is 7.28. The fraction of sp³-hybridized carbons (Fsp3) is 0.300. The highest BCUT2D eigenvalue weighted by Crippen LogP contribution is 2.39. The van der Waals surface area contributed by atoms with Gasteiger partial charge in [0.25, 0.3) is 0 Å². The first-order valence-corrected chi connectivity index (χ1v) is 13.5. The van der Waals surface area contributed by atoms with E-state index in [0.717, 1.165) is 23.8 Å². The highest BCUT2D eigenvalue weighted by atomic mass is 19.4. The minimum Gasteiger partial charge on any atom is -0.481 e. The molecule has 2 aliphatic rings. The number of fused-ring (bicyclic) bond motifs is 2. The van der Waals surface area contributed by atoms with Crippen LogP contribution in [0.2, 0.25) is 0 Å². The Bertz CT molecular complexity index is 1540. The van der Waals surface area contributed by atoms with E-state index in [4.69, 9.17) is 9.84 Å². The predicted octanol–water partition coefficient (Wildman–Crippen LogP) is 5.76. The van der Waals surface area contributed by atoms with E-state index in [1.54, 1.807) is 17.0 Å². The summed E-state index contributed by atoms with van der Waals surface area (Å²) >= 11 is 0. The average Bonchev–Trinajstić information content (AvgIpc) is 3.12. The molecule has 2 heterocycles. The summed E-state index contributed by atoms with van der Waals surface area (Å²) in [5, 5.41) is 15.3. The van der Waals surface area contributed by atoms with Crippen molar-refractivity contribution in [1.82, 2.24) is 10.2 Å². The molecule has 0 amide bonds. The first-order chi connectivity index (χ1) is 20.5. The van der Waals surface area contributed by atoms with Gasteiger partial charge < -0.3 is 25.4 Å². The molecule has 0 radical (unpaired) electrons. The maximum absolute atomic E-state index is 14.3. The number of carbonyl (C=O) groups is 2. The van der Waals surface area contributed by atoms with Crippen LogP contribution in [-0.4, -0.2) is 53.1 Å². The highest BCUT2D eigenvalue weighted by molar-refractivity contribution is 6.08. The Morgan fingerprint density at radius 1 is 0.977 bits per heavy atom. The topological polar surface area (TPSA) is 103 Å². The van der Waals surface area contributed by atoms with Crippen LogP contribution in [0.5, 0.6) is 0 Å². The van der Waals surface area contributed by atoms with Crippen LogP contribution in [0.3, 0.4) is 0 Å². The number of piperazine rings is 1. The largest absolute Gasteiger partial charge is 0.481 e. The van der Waals surface area contributed by atoms with Crippen molar-refractivity contribution in [3.8, 4) is 0 Å². The van der Waals surface area contributed by atoms with Crippen molar-refractivity contribution in [3.63, 3.8) is 0 Å². The van der Waals surface area contributed by atoms with Crippen molar-refractivity contribution >= 4 is 34.8 Å². The van der Waals surface area contributed by atoms with E-state index in [1.165, 1.54) is 30.3 Å². The number of nitrogens with one attached hydrogen (secondary N) is 2. The van der Waals surface area contributed by atoms with Gasteiger partial charge in [-0.05, 0) is 60.9 Å². The number of rotatable bonds is 7. The number of aliphatic imine (C=N–C) groups is 1. The Morgan fingerprint density at radius 2 is 1.70 bits per heavy atom. The lowest BCUT2D eigenvalue weighted by molar-refractivity contribution is -0.159. The summed E-state index contributed by atoms with van der Waals surface area (Å²) < 4.78 is 74.7. The molecule has 2 atom stereocenters. The standard InChI is InChI=1S/C30H27F5N4O4/c31-19-5-1-17(2-6-19)3-8-21-16-39(26(15-36-21)43-28(42)12-11-27(40)41)29-22-13-18(30(33,34)35)4-9-23(22)37-24-10-7-20(32)14-25(24)38-29/h1-2,4-7,9-10,13-14,21,26,36-37H,3,8,11-12,15-16H2,(H,40,41)/t21-,26?/m0/s1. The first-order valence-electron chi connectivity index (χ1n) is 13.5. The Balaban J connectivity index is 1.53. The Kier molecular flexibility index (Phi) is 8.62. The number of ether oxygens (including phenoxy) is 1. The van der Waals surface area contributed by atoms with Crippen molar-refractivity contribution in [2.45, 2.75) is 44.1 Å². The van der Waals surface area contributed by atoms with Crippen LogP contribution in [0.1, 0.15) is 36.0 Å². The molecule has 8 nitrogen and oxygen atoms in total. The molecule has 226 valence electrons. The molecule has 2 aliphatic heterocycles. The zero-order valence-corrected chi connectivity index (χ0v) is 22.6. The van der Waals surface area contributed by atoms with Crippen LogP contribution >= 0.6 is 0 Å². The molecular formula is C30H27F5N4O4. The summed E-state index contributed by atoms with van der Waals surface area (Å²) in [5.41, 5.74) is 0.743. The summed E-state index contributed by atoms with van der Waals surface area (Å²) in [5.74, 6) is -2.97. The summed E-state index contributed by atoms with van der Waals surface area (Å²) in [6, 6.07) is 12.6. The minimum atomic E-state index is -4.67. The molecule has 1 fully saturated rings. The van der Waals surface area contributed by atoms with Gasteiger partial charge in [0.05, 0.1) is 36.3 Å². The van der Waals surface area contributed by atoms with Gasteiger partial charge in [-0.15, -0.1) is 0 Å². The molecule has 3 aromatic rings. The fourth-order valence-electron chi connectivity index (χ4n) is 4.99. The van der Waals surface area contributed by atoms with Gasteiger partial charge in [0.1, 0.15) is 17.5 Å². The number of hydrogen-bond acceptors (Lipinski definition) is 7. The number of hydrogen-bond donors (Lipinski definition) is 3. The Labute approximate surface area is 243 Å². The second-order valence-electron chi connectivity index (χ2n) is 10.2. The first kappa shape index (κ1) is 30.0. The number of aryl methyl sites for hydroxylation is 1. The summed E-state index contributed by atoms with van der Waals surface area (Å²) in [6.07, 6.45) is -5.53. The van der Waals surface area contributed by atoms with Crippen LogP contribution < -0.4 is 10.6 Å². The van der Waals surface area contributed by atoms with E-state index in [-0.39, 0.29) is 47.7 Å². The van der Waals surface area contributed by atoms with Crippen LogP contribution in [0.25, 0.3) is 0 Å². The number of anilines is 2. The molecule has 43 heavy (non-hydrogen) atoms.